The van der Waals surface area contributed by atoms with Crippen LogP contribution in [0.1, 0.15) is 12.5 Å². The van der Waals surface area contributed by atoms with E-state index < -0.39 is 29.1 Å². The molecule has 1 aromatic carbocycles. The van der Waals surface area contributed by atoms with Crippen LogP contribution < -0.4 is 5.32 Å². The predicted octanol–water partition coefficient (Wildman–Crippen LogP) is 1.31. The summed E-state index contributed by atoms with van der Waals surface area (Å²) in [6, 6.07) is 1.74. The highest BCUT2D eigenvalue weighted by Crippen LogP contribution is 2.14. The van der Waals surface area contributed by atoms with Crippen molar-refractivity contribution in [3.63, 3.8) is 0 Å². The molecule has 0 atom stereocenters. The molecule has 0 aliphatic carbocycles. The van der Waals surface area contributed by atoms with Crippen molar-refractivity contribution in [3.05, 3.63) is 35.1 Å². The molecule has 0 aliphatic heterocycles. The zero-order valence-corrected chi connectivity index (χ0v) is 8.31. The topological polar surface area (TPSA) is 46.2 Å². The fourth-order valence-corrected chi connectivity index (χ4v) is 1.00. The fourth-order valence-electron chi connectivity index (χ4n) is 1.00. The van der Waals surface area contributed by atoms with Gasteiger partial charge in [0.1, 0.15) is 0 Å². The molecule has 0 spiro atoms. The van der Waals surface area contributed by atoms with Crippen LogP contribution in [-0.4, -0.2) is 11.7 Å². The maximum Gasteiger partial charge on any atom is 0.287 e. The van der Waals surface area contributed by atoms with E-state index in [0.29, 0.717) is 0 Å². The van der Waals surface area contributed by atoms with Crippen molar-refractivity contribution in [1.82, 2.24) is 5.32 Å². The summed E-state index contributed by atoms with van der Waals surface area (Å²) in [6.45, 7) is 0.665. The van der Waals surface area contributed by atoms with Crippen molar-refractivity contribution in [2.75, 3.05) is 0 Å². The van der Waals surface area contributed by atoms with E-state index >= 15 is 0 Å². The third kappa shape index (κ3) is 2.59. The van der Waals surface area contributed by atoms with Crippen LogP contribution in [0.25, 0.3) is 0 Å². The van der Waals surface area contributed by atoms with Gasteiger partial charge in [-0.2, -0.15) is 0 Å². The monoisotopic (exact) mass is 231 g/mol. The largest absolute Gasteiger partial charge is 0.345 e. The minimum absolute atomic E-state index is 0.228. The molecule has 0 unspecified atom stereocenters. The number of halogens is 3. The third-order valence-corrected chi connectivity index (χ3v) is 1.87. The Hall–Kier alpha value is -1.85. The van der Waals surface area contributed by atoms with Crippen LogP contribution in [-0.2, 0) is 16.1 Å². The summed E-state index contributed by atoms with van der Waals surface area (Å²) in [5.41, 5.74) is -0.228. The van der Waals surface area contributed by atoms with E-state index in [1.54, 1.807) is 0 Å². The molecule has 6 heteroatoms. The minimum Gasteiger partial charge on any atom is -0.345 e. The molecule has 1 amide bonds. The van der Waals surface area contributed by atoms with E-state index in [2.05, 4.69) is 5.32 Å². The summed E-state index contributed by atoms with van der Waals surface area (Å²) in [6.07, 6.45) is 0. The number of Topliss-reactive ketones (excluding diaryl/α,β-unsaturated/α-hetero) is 1. The molecular weight excluding hydrogens is 223 g/mol. The number of amides is 1. The molecule has 86 valence electrons. The number of benzene rings is 1. The molecule has 1 rings (SSSR count). The summed E-state index contributed by atoms with van der Waals surface area (Å²) < 4.78 is 38.3. The normalized spacial score (nSPS) is 10.0. The molecule has 0 fully saturated rings. The first-order valence-corrected chi connectivity index (χ1v) is 4.34. The lowest BCUT2D eigenvalue weighted by Gasteiger charge is -2.05. The zero-order chi connectivity index (χ0) is 12.3. The zero-order valence-electron chi connectivity index (χ0n) is 8.31. The summed E-state index contributed by atoms with van der Waals surface area (Å²) in [7, 11) is 0. The smallest absolute Gasteiger partial charge is 0.287 e. The standard InChI is InChI=1S/C10H8F3NO2/c1-5(15)10(16)14-4-6-2-3-7(11)9(13)8(6)12/h2-3H,4H2,1H3,(H,14,16). The van der Waals surface area contributed by atoms with Crippen LogP contribution in [0.15, 0.2) is 12.1 Å². The molecule has 0 aromatic heterocycles. The Balaban J connectivity index is 2.79. The van der Waals surface area contributed by atoms with E-state index in [1.807, 2.05) is 0 Å². The number of hydrogen-bond donors (Lipinski definition) is 1. The average Bonchev–Trinajstić information content (AvgIpc) is 2.24. The minimum atomic E-state index is -1.60. The number of carbonyl (C=O) groups is 2. The van der Waals surface area contributed by atoms with Crippen molar-refractivity contribution < 1.29 is 22.8 Å². The SMILES string of the molecule is CC(=O)C(=O)NCc1ccc(F)c(F)c1F. The third-order valence-electron chi connectivity index (χ3n) is 1.87. The molecule has 0 aliphatic rings. The number of hydrogen-bond acceptors (Lipinski definition) is 2. The highest BCUT2D eigenvalue weighted by Gasteiger charge is 2.14. The molecular formula is C10H8F3NO2. The van der Waals surface area contributed by atoms with Crippen molar-refractivity contribution >= 4 is 11.7 Å². The van der Waals surface area contributed by atoms with Crippen molar-refractivity contribution in [2.24, 2.45) is 0 Å². The molecule has 0 saturated carbocycles. The van der Waals surface area contributed by atoms with Crippen LogP contribution in [0, 0.1) is 17.5 Å². The highest BCUT2D eigenvalue weighted by molar-refractivity contribution is 6.35. The van der Waals surface area contributed by atoms with Crippen molar-refractivity contribution in [3.8, 4) is 0 Å². The van der Waals surface area contributed by atoms with Gasteiger partial charge in [-0.25, -0.2) is 13.2 Å². The summed E-state index contributed by atoms with van der Waals surface area (Å²) in [4.78, 5) is 21.4. The van der Waals surface area contributed by atoms with E-state index in [-0.39, 0.29) is 12.1 Å². The van der Waals surface area contributed by atoms with E-state index in [1.165, 1.54) is 0 Å². The molecule has 0 saturated heterocycles. The Morgan fingerprint density at radius 1 is 1.19 bits per heavy atom. The quantitative estimate of drug-likeness (QED) is 0.629. The van der Waals surface area contributed by atoms with Gasteiger partial charge in [0.05, 0.1) is 0 Å². The first-order valence-electron chi connectivity index (χ1n) is 4.34. The van der Waals surface area contributed by atoms with Gasteiger partial charge in [0.2, 0.25) is 5.78 Å². The summed E-state index contributed by atoms with van der Waals surface area (Å²) in [5, 5.41) is 2.07. The fraction of sp³-hybridized carbons (Fsp3) is 0.200. The second-order valence-corrected chi connectivity index (χ2v) is 3.07. The Bertz CT molecular complexity index is 446. The summed E-state index contributed by atoms with van der Waals surface area (Å²) in [5.74, 6) is -5.94. The molecule has 0 heterocycles. The van der Waals surface area contributed by atoms with Crippen LogP contribution >= 0.6 is 0 Å². The van der Waals surface area contributed by atoms with Gasteiger partial charge < -0.3 is 5.32 Å². The lowest BCUT2D eigenvalue weighted by Crippen LogP contribution is -2.29. The van der Waals surface area contributed by atoms with Crippen molar-refractivity contribution in [2.45, 2.75) is 13.5 Å². The number of ketones is 1. The Labute approximate surface area is 89.3 Å². The van der Waals surface area contributed by atoms with Gasteiger partial charge in [0.15, 0.2) is 17.5 Å². The molecule has 0 radical (unpaired) electrons. The summed E-state index contributed by atoms with van der Waals surface area (Å²) >= 11 is 0. The average molecular weight is 231 g/mol. The molecule has 1 aromatic rings. The molecule has 16 heavy (non-hydrogen) atoms. The first kappa shape index (κ1) is 12.2. The highest BCUT2D eigenvalue weighted by atomic mass is 19.2. The van der Waals surface area contributed by atoms with E-state index in [0.717, 1.165) is 19.1 Å². The maximum absolute atomic E-state index is 13.1. The second-order valence-electron chi connectivity index (χ2n) is 3.07. The Morgan fingerprint density at radius 3 is 2.38 bits per heavy atom. The van der Waals surface area contributed by atoms with Crippen molar-refractivity contribution in [1.29, 1.82) is 0 Å². The number of carbonyl (C=O) groups excluding carboxylic acids is 2. The second kappa shape index (κ2) is 4.78. The Kier molecular flexibility index (Phi) is 3.65. The number of nitrogens with one attached hydrogen (secondary N) is 1. The first-order chi connectivity index (χ1) is 7.43. The van der Waals surface area contributed by atoms with Gasteiger partial charge in [-0.1, -0.05) is 6.07 Å². The van der Waals surface area contributed by atoms with Crippen LogP contribution in [0.4, 0.5) is 13.2 Å². The lowest BCUT2D eigenvalue weighted by atomic mass is 10.2. The van der Waals surface area contributed by atoms with Crippen LogP contribution in [0.3, 0.4) is 0 Å². The molecule has 3 nitrogen and oxygen atoms in total. The van der Waals surface area contributed by atoms with Gasteiger partial charge in [0, 0.05) is 19.0 Å². The van der Waals surface area contributed by atoms with E-state index in [9.17, 15) is 22.8 Å². The Morgan fingerprint density at radius 2 is 1.81 bits per heavy atom. The van der Waals surface area contributed by atoms with Crippen LogP contribution in [0.2, 0.25) is 0 Å². The van der Waals surface area contributed by atoms with E-state index in [4.69, 9.17) is 0 Å². The van der Waals surface area contributed by atoms with Gasteiger partial charge in [-0.05, 0) is 6.07 Å². The molecule has 1 N–H and O–H groups in total. The van der Waals surface area contributed by atoms with Gasteiger partial charge in [0.25, 0.3) is 5.91 Å². The van der Waals surface area contributed by atoms with Crippen LogP contribution in [0.5, 0.6) is 0 Å². The van der Waals surface area contributed by atoms with Gasteiger partial charge >= 0.3 is 0 Å². The molecule has 0 bridgehead atoms. The van der Waals surface area contributed by atoms with Gasteiger partial charge in [-0.15, -0.1) is 0 Å². The predicted molar refractivity (Wildman–Crippen MR) is 48.8 cm³/mol. The van der Waals surface area contributed by atoms with Gasteiger partial charge in [-0.3, -0.25) is 9.59 Å². The lowest BCUT2D eigenvalue weighted by molar-refractivity contribution is -0.136. The number of rotatable bonds is 3. The maximum atomic E-state index is 13.1.